The molecule has 204 valence electrons. The number of ether oxygens (including phenoxy) is 1. The van der Waals surface area contributed by atoms with E-state index in [2.05, 4.69) is 24.2 Å². The predicted molar refractivity (Wildman–Crippen MR) is 142 cm³/mol. The van der Waals surface area contributed by atoms with E-state index in [1.54, 1.807) is 0 Å². The van der Waals surface area contributed by atoms with Crippen LogP contribution in [0.3, 0.4) is 0 Å². The number of fused-ring (bicyclic) bond motifs is 4. The number of nitrogens with zero attached hydrogens (tertiary/aromatic N) is 1. The molecule has 3 aliphatic heterocycles. The lowest BCUT2D eigenvalue weighted by Crippen LogP contribution is -2.73. The molecular weight excluding hydrogens is 458 g/mol. The standard InChI is InChI=1S/C33H49NO3/c1-19-3-4-29-33-15-20(6-10-37-33)11-21-12-25-23(24(30(21)33)18-34(29)17-19)14-28-31-7-2-8-32(25,28)16-27(36)26(31)13-22(35)5-9-31/h6,10,19-30,35-36H,2-5,7-9,11-18H2,1H3. The molecule has 15 unspecified atom stereocenters. The minimum absolute atomic E-state index is 0.0617. The molecule has 0 radical (unpaired) electrons. The van der Waals surface area contributed by atoms with Gasteiger partial charge < -0.3 is 14.9 Å². The van der Waals surface area contributed by atoms with Gasteiger partial charge in [0.2, 0.25) is 0 Å². The van der Waals surface area contributed by atoms with Crippen LogP contribution < -0.4 is 0 Å². The van der Waals surface area contributed by atoms with Gasteiger partial charge in [-0.15, -0.1) is 0 Å². The molecule has 2 saturated heterocycles. The lowest BCUT2D eigenvalue weighted by Gasteiger charge is -2.68. The van der Waals surface area contributed by atoms with E-state index in [0.717, 1.165) is 60.7 Å². The number of aliphatic hydroxyl groups is 2. The van der Waals surface area contributed by atoms with Gasteiger partial charge >= 0.3 is 0 Å². The third-order valence-electron chi connectivity index (χ3n) is 15.1. The SMILES string of the molecule is CC1CCC2N(C1)CC1C3CC4C56CCCC4(CC(O)C5CC(O)CC6)C3CC3CC4C=COC2(C4)C31. The van der Waals surface area contributed by atoms with E-state index in [4.69, 9.17) is 4.74 Å². The van der Waals surface area contributed by atoms with Crippen LogP contribution in [0.4, 0.5) is 0 Å². The molecule has 9 rings (SSSR count). The van der Waals surface area contributed by atoms with E-state index >= 15 is 0 Å². The molecule has 0 aromatic heterocycles. The molecule has 15 atom stereocenters. The highest BCUT2D eigenvalue weighted by Crippen LogP contribution is 2.77. The zero-order valence-corrected chi connectivity index (χ0v) is 22.9. The summed E-state index contributed by atoms with van der Waals surface area (Å²) in [5.41, 5.74) is 0.737. The summed E-state index contributed by atoms with van der Waals surface area (Å²) in [7, 11) is 0. The molecule has 6 saturated carbocycles. The minimum atomic E-state index is -0.190. The Labute approximate surface area is 223 Å². The predicted octanol–water partition coefficient (Wildman–Crippen LogP) is 5.38. The summed E-state index contributed by atoms with van der Waals surface area (Å²) in [6.07, 6.45) is 20.4. The first-order valence-electron chi connectivity index (χ1n) is 16.4. The maximum Gasteiger partial charge on any atom is 0.127 e. The van der Waals surface area contributed by atoms with Gasteiger partial charge in [-0.3, -0.25) is 4.90 Å². The summed E-state index contributed by atoms with van der Waals surface area (Å²) in [6, 6.07) is 0.627. The fourth-order valence-electron chi connectivity index (χ4n) is 14.4. The van der Waals surface area contributed by atoms with Gasteiger partial charge in [0, 0.05) is 25.0 Å². The summed E-state index contributed by atoms with van der Waals surface area (Å²) in [5.74, 6) is 6.61. The van der Waals surface area contributed by atoms with Crippen molar-refractivity contribution in [1.82, 2.24) is 4.90 Å². The second kappa shape index (κ2) is 7.58. The quantitative estimate of drug-likeness (QED) is 0.462. The van der Waals surface area contributed by atoms with Crippen molar-refractivity contribution in [3.8, 4) is 0 Å². The van der Waals surface area contributed by atoms with Gasteiger partial charge in [0.25, 0.3) is 0 Å². The molecule has 9 aliphatic rings. The fourth-order valence-corrected chi connectivity index (χ4v) is 14.4. The third-order valence-corrected chi connectivity index (χ3v) is 15.1. The van der Waals surface area contributed by atoms with Crippen LogP contribution in [0.1, 0.15) is 90.4 Å². The van der Waals surface area contributed by atoms with Crippen LogP contribution in [0.5, 0.6) is 0 Å². The number of aliphatic hydroxyl groups excluding tert-OH is 2. The zero-order valence-electron chi connectivity index (χ0n) is 22.9. The van der Waals surface area contributed by atoms with Crippen LogP contribution in [0.15, 0.2) is 12.3 Å². The van der Waals surface area contributed by atoms with Gasteiger partial charge in [-0.05, 0) is 141 Å². The molecule has 8 fully saturated rings. The van der Waals surface area contributed by atoms with Crippen LogP contribution in [0.2, 0.25) is 0 Å². The second-order valence-electron chi connectivity index (χ2n) is 16.1. The number of allylic oxidation sites excluding steroid dienone is 1. The van der Waals surface area contributed by atoms with E-state index in [1.807, 2.05) is 0 Å². The second-order valence-corrected chi connectivity index (χ2v) is 16.1. The Morgan fingerprint density at radius 2 is 1.76 bits per heavy atom. The van der Waals surface area contributed by atoms with Crippen molar-refractivity contribution >= 4 is 0 Å². The van der Waals surface area contributed by atoms with E-state index < -0.39 is 0 Å². The molecule has 0 aromatic carbocycles. The van der Waals surface area contributed by atoms with E-state index in [1.165, 1.54) is 77.3 Å². The maximum absolute atomic E-state index is 11.7. The zero-order chi connectivity index (χ0) is 24.7. The summed E-state index contributed by atoms with van der Waals surface area (Å²) in [6.45, 7) is 5.06. The Morgan fingerprint density at radius 1 is 0.865 bits per heavy atom. The molecule has 2 N–H and O–H groups in total. The van der Waals surface area contributed by atoms with Crippen LogP contribution in [-0.2, 0) is 4.74 Å². The molecule has 0 aromatic rings. The molecule has 0 amide bonds. The van der Waals surface area contributed by atoms with Crippen LogP contribution in [0.25, 0.3) is 0 Å². The van der Waals surface area contributed by atoms with Crippen LogP contribution >= 0.6 is 0 Å². The fraction of sp³-hybridized carbons (Fsp3) is 0.939. The van der Waals surface area contributed by atoms with Gasteiger partial charge in [-0.25, -0.2) is 0 Å². The van der Waals surface area contributed by atoms with Crippen LogP contribution in [0, 0.1) is 64.1 Å². The molecule has 37 heavy (non-hydrogen) atoms. The van der Waals surface area contributed by atoms with Crippen LogP contribution in [-0.4, -0.2) is 52.1 Å². The summed E-state index contributed by atoms with van der Waals surface area (Å²) in [5, 5.41) is 22.4. The van der Waals surface area contributed by atoms with Crippen molar-refractivity contribution in [3.63, 3.8) is 0 Å². The Balaban J connectivity index is 1.15. The maximum atomic E-state index is 11.7. The normalized spacial score (nSPS) is 63.3. The molecule has 2 spiro atoms. The number of rotatable bonds is 0. The van der Waals surface area contributed by atoms with Crippen molar-refractivity contribution in [3.05, 3.63) is 12.3 Å². The van der Waals surface area contributed by atoms with Crippen molar-refractivity contribution in [2.75, 3.05) is 13.1 Å². The number of piperidine rings is 2. The Bertz CT molecular complexity index is 998. The summed E-state index contributed by atoms with van der Waals surface area (Å²) < 4.78 is 6.96. The molecule has 3 heterocycles. The molecule has 4 heteroatoms. The highest BCUT2D eigenvalue weighted by atomic mass is 16.5. The minimum Gasteiger partial charge on any atom is -0.493 e. The average molecular weight is 508 g/mol. The van der Waals surface area contributed by atoms with Gasteiger partial charge in [0.05, 0.1) is 18.5 Å². The Kier molecular flexibility index (Phi) is 4.74. The first-order valence-corrected chi connectivity index (χ1v) is 16.4. The topological polar surface area (TPSA) is 52.9 Å². The van der Waals surface area contributed by atoms with Gasteiger partial charge in [-0.2, -0.15) is 0 Å². The highest BCUT2D eigenvalue weighted by Gasteiger charge is 2.74. The molecule has 4 bridgehead atoms. The molecular formula is C33H49NO3. The number of hydrogen-bond acceptors (Lipinski definition) is 4. The first kappa shape index (κ1) is 23.2. The highest BCUT2D eigenvalue weighted by molar-refractivity contribution is 5.24. The smallest absolute Gasteiger partial charge is 0.127 e. The first-order chi connectivity index (χ1) is 17.9. The average Bonchev–Trinajstić information content (AvgIpc) is 3.21. The van der Waals surface area contributed by atoms with E-state index in [0.29, 0.717) is 28.7 Å². The van der Waals surface area contributed by atoms with Gasteiger partial charge in [-0.1, -0.05) is 13.3 Å². The van der Waals surface area contributed by atoms with Crippen molar-refractivity contribution in [2.24, 2.45) is 64.1 Å². The van der Waals surface area contributed by atoms with Gasteiger partial charge in [0.1, 0.15) is 5.60 Å². The summed E-state index contributed by atoms with van der Waals surface area (Å²) >= 11 is 0. The van der Waals surface area contributed by atoms with E-state index in [-0.39, 0.29) is 17.8 Å². The van der Waals surface area contributed by atoms with E-state index in [9.17, 15) is 10.2 Å². The van der Waals surface area contributed by atoms with Crippen molar-refractivity contribution in [2.45, 2.75) is 114 Å². The Hall–Kier alpha value is -0.580. The van der Waals surface area contributed by atoms with Crippen molar-refractivity contribution < 1.29 is 14.9 Å². The number of hydrogen-bond donors (Lipinski definition) is 2. The third kappa shape index (κ3) is 2.77. The van der Waals surface area contributed by atoms with Crippen molar-refractivity contribution in [1.29, 1.82) is 0 Å². The summed E-state index contributed by atoms with van der Waals surface area (Å²) in [4.78, 5) is 2.94. The Morgan fingerprint density at radius 3 is 2.68 bits per heavy atom. The molecule has 4 nitrogen and oxygen atoms in total. The monoisotopic (exact) mass is 507 g/mol. The largest absolute Gasteiger partial charge is 0.493 e. The lowest BCUT2D eigenvalue weighted by atomic mass is 9.40. The van der Waals surface area contributed by atoms with Gasteiger partial charge in [0.15, 0.2) is 0 Å². The lowest BCUT2D eigenvalue weighted by molar-refractivity contribution is -0.241. The molecule has 6 aliphatic carbocycles.